The Labute approximate surface area is 171 Å². The van der Waals surface area contributed by atoms with Crippen molar-refractivity contribution in [2.45, 2.75) is 30.1 Å². The summed E-state index contributed by atoms with van der Waals surface area (Å²) in [6.07, 6.45) is 5.16. The predicted octanol–water partition coefficient (Wildman–Crippen LogP) is 5.37. The molecule has 1 aliphatic rings. The largest absolute Gasteiger partial charge is 0.288 e. The zero-order valence-electron chi connectivity index (χ0n) is 15.1. The lowest BCUT2D eigenvalue weighted by molar-refractivity contribution is 0.103. The van der Waals surface area contributed by atoms with Crippen LogP contribution in [-0.4, -0.2) is 15.0 Å². The van der Waals surface area contributed by atoms with Crippen LogP contribution in [0.25, 0.3) is 0 Å². The van der Waals surface area contributed by atoms with Gasteiger partial charge < -0.3 is 0 Å². The Bertz CT molecular complexity index is 1020. The highest BCUT2D eigenvalue weighted by molar-refractivity contribution is 7.86. The number of pyridine rings is 1. The fraction of sp³-hybridized carbons (Fsp3) is 0.182. The number of rotatable bonds is 6. The number of halogens is 1. The number of nitrogens with zero attached hydrogens (tertiary/aromatic N) is 1. The Morgan fingerprint density at radius 1 is 1.07 bits per heavy atom. The van der Waals surface area contributed by atoms with Gasteiger partial charge in [-0.1, -0.05) is 60.5 Å². The molecular formula is C22H19ClN2O2S. The molecule has 142 valence electrons. The number of hydrogen-bond acceptors (Lipinski definition) is 3. The van der Waals surface area contributed by atoms with Crippen LogP contribution in [0.1, 0.15) is 46.7 Å². The van der Waals surface area contributed by atoms with Crippen LogP contribution in [-0.2, 0) is 11.0 Å². The zero-order chi connectivity index (χ0) is 19.5. The van der Waals surface area contributed by atoms with E-state index in [4.69, 9.17) is 11.6 Å². The van der Waals surface area contributed by atoms with Crippen molar-refractivity contribution in [1.29, 1.82) is 0 Å². The summed E-state index contributed by atoms with van der Waals surface area (Å²) in [6.45, 7) is 0. The minimum absolute atomic E-state index is 0.226. The second-order valence-electron chi connectivity index (χ2n) is 6.81. The van der Waals surface area contributed by atoms with Gasteiger partial charge in [0.1, 0.15) is 5.82 Å². The molecule has 2 aromatic carbocycles. The Morgan fingerprint density at radius 3 is 2.43 bits per heavy atom. The second-order valence-corrected chi connectivity index (χ2v) is 8.46. The second kappa shape index (κ2) is 8.25. The summed E-state index contributed by atoms with van der Waals surface area (Å²) in [5.74, 6) is 0.651. The fourth-order valence-corrected chi connectivity index (χ4v) is 4.19. The smallest absolute Gasteiger partial charge is 0.196 e. The van der Waals surface area contributed by atoms with Gasteiger partial charge >= 0.3 is 0 Å². The molecule has 1 unspecified atom stereocenters. The van der Waals surface area contributed by atoms with Crippen LogP contribution in [0.4, 0.5) is 5.82 Å². The third-order valence-corrected chi connectivity index (χ3v) is 6.28. The maximum absolute atomic E-state index is 12.9. The maximum Gasteiger partial charge on any atom is 0.196 e. The lowest BCUT2D eigenvalue weighted by atomic mass is 9.80. The van der Waals surface area contributed by atoms with E-state index < -0.39 is 11.0 Å². The first kappa shape index (κ1) is 18.8. The highest BCUT2D eigenvalue weighted by Gasteiger charge is 2.20. The Balaban J connectivity index is 1.57. The molecule has 1 fully saturated rings. The van der Waals surface area contributed by atoms with E-state index in [0.717, 1.165) is 0 Å². The number of nitrogens with one attached hydrogen (secondary N) is 1. The van der Waals surface area contributed by atoms with Crippen molar-refractivity contribution in [1.82, 2.24) is 4.98 Å². The zero-order valence-corrected chi connectivity index (χ0v) is 16.7. The molecule has 0 spiro atoms. The van der Waals surface area contributed by atoms with Gasteiger partial charge in [-0.3, -0.25) is 9.52 Å². The van der Waals surface area contributed by atoms with E-state index in [2.05, 4.69) is 9.71 Å². The van der Waals surface area contributed by atoms with Gasteiger partial charge in [0.2, 0.25) is 0 Å². The van der Waals surface area contributed by atoms with Gasteiger partial charge in [0.05, 0.1) is 15.5 Å². The van der Waals surface area contributed by atoms with Crippen molar-refractivity contribution >= 4 is 34.2 Å². The first-order valence-corrected chi connectivity index (χ1v) is 10.7. The van der Waals surface area contributed by atoms with Crippen LogP contribution in [0.2, 0.25) is 5.02 Å². The Hall–Kier alpha value is -2.50. The molecule has 0 saturated heterocycles. The van der Waals surface area contributed by atoms with Crippen molar-refractivity contribution in [3.63, 3.8) is 0 Å². The van der Waals surface area contributed by atoms with Crippen molar-refractivity contribution < 1.29 is 9.00 Å². The maximum atomic E-state index is 12.9. The van der Waals surface area contributed by atoms with E-state index in [0.29, 0.717) is 21.4 Å². The van der Waals surface area contributed by atoms with Gasteiger partial charge in [0, 0.05) is 11.8 Å². The number of hydrogen-bond donors (Lipinski definition) is 1. The summed E-state index contributed by atoms with van der Waals surface area (Å²) in [4.78, 5) is 17.7. The summed E-state index contributed by atoms with van der Waals surface area (Å²) in [5, 5.41) is 0.348. The summed E-state index contributed by atoms with van der Waals surface area (Å²) in [7, 11) is -1.54. The number of anilines is 1. The number of carbonyl (C=O) groups is 1. The molecule has 3 aromatic rings. The van der Waals surface area contributed by atoms with E-state index in [9.17, 15) is 9.00 Å². The minimum atomic E-state index is -1.54. The van der Waals surface area contributed by atoms with Crippen molar-refractivity contribution in [2.75, 3.05) is 4.72 Å². The molecule has 0 bridgehead atoms. The van der Waals surface area contributed by atoms with E-state index in [1.807, 2.05) is 30.3 Å². The highest BCUT2D eigenvalue weighted by atomic mass is 35.5. The predicted molar refractivity (Wildman–Crippen MR) is 112 cm³/mol. The number of ketones is 1. The molecule has 6 heteroatoms. The quantitative estimate of drug-likeness (QED) is 0.556. The van der Waals surface area contributed by atoms with Gasteiger partial charge in [-0.15, -0.1) is 0 Å². The average molecular weight is 411 g/mol. The van der Waals surface area contributed by atoms with Crippen LogP contribution in [0.3, 0.4) is 0 Å². The first-order valence-electron chi connectivity index (χ1n) is 9.15. The normalized spacial score (nSPS) is 14.9. The van der Waals surface area contributed by atoms with Crippen LogP contribution in [0.15, 0.2) is 71.8 Å². The van der Waals surface area contributed by atoms with E-state index in [1.54, 1.807) is 30.3 Å². The lowest BCUT2D eigenvalue weighted by Gasteiger charge is -2.25. The van der Waals surface area contributed by atoms with Crippen LogP contribution < -0.4 is 4.72 Å². The fourth-order valence-electron chi connectivity index (χ4n) is 3.19. The third kappa shape index (κ3) is 4.01. The highest BCUT2D eigenvalue weighted by Crippen LogP contribution is 2.36. The summed E-state index contributed by atoms with van der Waals surface area (Å²) in [6, 6.07) is 18.2. The molecule has 4 nitrogen and oxygen atoms in total. The molecule has 0 radical (unpaired) electrons. The molecular weight excluding hydrogens is 392 g/mol. The van der Waals surface area contributed by atoms with Gasteiger partial charge in [0.15, 0.2) is 16.8 Å². The van der Waals surface area contributed by atoms with Crippen molar-refractivity contribution in [2.24, 2.45) is 0 Å². The van der Waals surface area contributed by atoms with E-state index >= 15 is 0 Å². The number of carbonyl (C=O) groups excluding carboxylic acids is 1. The van der Waals surface area contributed by atoms with Crippen LogP contribution in [0, 0.1) is 0 Å². The monoisotopic (exact) mass is 410 g/mol. The van der Waals surface area contributed by atoms with Gasteiger partial charge in [0.25, 0.3) is 0 Å². The molecule has 1 heterocycles. The Kier molecular flexibility index (Phi) is 5.55. The summed E-state index contributed by atoms with van der Waals surface area (Å²) < 4.78 is 15.7. The molecule has 1 saturated carbocycles. The molecule has 1 N–H and O–H groups in total. The van der Waals surface area contributed by atoms with Gasteiger partial charge in [-0.05, 0) is 42.5 Å². The molecule has 1 aliphatic carbocycles. The molecule has 1 atom stereocenters. The summed E-state index contributed by atoms with van der Waals surface area (Å²) >= 11 is 6.05. The van der Waals surface area contributed by atoms with Gasteiger partial charge in [-0.2, -0.15) is 0 Å². The molecule has 4 rings (SSSR count). The van der Waals surface area contributed by atoms with E-state index in [-0.39, 0.29) is 17.2 Å². The molecule has 1 aromatic heterocycles. The summed E-state index contributed by atoms with van der Waals surface area (Å²) in [5.41, 5.74) is 2.10. The SMILES string of the molecule is O=C(c1ccccc1)c1cc(Cl)cnc1NS(=O)c1ccc(C2CCC2)cc1. The van der Waals surface area contributed by atoms with Crippen LogP contribution >= 0.6 is 11.6 Å². The average Bonchev–Trinajstić information content (AvgIpc) is 2.68. The number of benzene rings is 2. The molecule has 0 aliphatic heterocycles. The topological polar surface area (TPSA) is 59.1 Å². The van der Waals surface area contributed by atoms with E-state index in [1.165, 1.54) is 31.0 Å². The minimum Gasteiger partial charge on any atom is -0.288 e. The first-order chi connectivity index (χ1) is 13.6. The third-order valence-electron chi connectivity index (χ3n) is 5.00. The van der Waals surface area contributed by atoms with Crippen LogP contribution in [0.5, 0.6) is 0 Å². The van der Waals surface area contributed by atoms with Crippen molar-refractivity contribution in [3.8, 4) is 0 Å². The number of aromatic nitrogens is 1. The Morgan fingerprint density at radius 2 is 1.79 bits per heavy atom. The standard InChI is InChI=1S/C22H19ClN2O2S/c23-18-13-20(21(26)17-5-2-1-3-6-17)22(24-14-18)25-28(27)19-11-9-16(10-12-19)15-7-4-8-15/h1-3,5-6,9-15H,4,7-8H2,(H,24,25). The molecule has 0 amide bonds. The molecule has 28 heavy (non-hydrogen) atoms. The van der Waals surface area contributed by atoms with Gasteiger partial charge in [-0.25, -0.2) is 9.19 Å². The lowest BCUT2D eigenvalue weighted by Crippen LogP contribution is -2.13. The van der Waals surface area contributed by atoms with Crippen molar-refractivity contribution in [3.05, 3.63) is 88.6 Å².